The van der Waals surface area contributed by atoms with Crippen LogP contribution in [0.4, 0.5) is 16.2 Å². The molecule has 1 atom stereocenters. The van der Waals surface area contributed by atoms with Gasteiger partial charge in [-0.25, -0.2) is 4.79 Å². The summed E-state index contributed by atoms with van der Waals surface area (Å²) in [6, 6.07) is 14.6. The fourth-order valence-corrected chi connectivity index (χ4v) is 3.48. The Hall–Kier alpha value is -3.35. The molecule has 2 heterocycles. The van der Waals surface area contributed by atoms with Gasteiger partial charge in [0.1, 0.15) is 11.8 Å². The molecule has 0 aliphatic carbocycles. The molecule has 0 fully saturated rings. The minimum atomic E-state index is -0.355. The number of anilines is 2. The minimum absolute atomic E-state index is 0.150. The van der Waals surface area contributed by atoms with Gasteiger partial charge in [0.05, 0.1) is 12.3 Å². The molecule has 0 saturated heterocycles. The van der Waals surface area contributed by atoms with Crippen molar-refractivity contribution >= 4 is 17.4 Å². The fraction of sp³-hybridized carbons (Fsp3) is 0.318. The van der Waals surface area contributed by atoms with Crippen molar-refractivity contribution in [1.82, 2.24) is 10.1 Å². The van der Waals surface area contributed by atoms with Crippen molar-refractivity contribution in [2.45, 2.75) is 39.2 Å². The number of para-hydroxylation sites is 3. The summed E-state index contributed by atoms with van der Waals surface area (Å²) >= 11 is 0. The van der Waals surface area contributed by atoms with E-state index in [4.69, 9.17) is 9.26 Å². The SMILES string of the molecule is CCOc1ccccc1NC(=O)N1c2ccccc2CC1c1nc(C(C)C)no1. The fourth-order valence-electron chi connectivity index (χ4n) is 3.48. The number of carbonyl (C=O) groups is 1. The maximum absolute atomic E-state index is 13.3. The third-order valence-electron chi connectivity index (χ3n) is 4.88. The largest absolute Gasteiger partial charge is 0.492 e. The lowest BCUT2D eigenvalue weighted by atomic mass is 10.1. The van der Waals surface area contributed by atoms with Gasteiger partial charge in [0.2, 0.25) is 5.89 Å². The molecule has 1 aromatic heterocycles. The van der Waals surface area contributed by atoms with Gasteiger partial charge in [-0.15, -0.1) is 0 Å². The molecule has 1 aliphatic rings. The summed E-state index contributed by atoms with van der Waals surface area (Å²) in [5, 5.41) is 7.05. The Kier molecular flexibility index (Phi) is 5.20. The molecule has 7 heteroatoms. The Bertz CT molecular complexity index is 1010. The van der Waals surface area contributed by atoms with Crippen LogP contribution >= 0.6 is 0 Å². The smallest absolute Gasteiger partial charge is 0.327 e. The van der Waals surface area contributed by atoms with Crippen molar-refractivity contribution < 1.29 is 14.1 Å². The van der Waals surface area contributed by atoms with Crippen LogP contribution in [-0.2, 0) is 6.42 Å². The average molecular weight is 392 g/mol. The number of fused-ring (bicyclic) bond motifs is 1. The monoisotopic (exact) mass is 392 g/mol. The van der Waals surface area contributed by atoms with Crippen LogP contribution < -0.4 is 15.0 Å². The molecule has 0 radical (unpaired) electrons. The number of hydrogen-bond acceptors (Lipinski definition) is 5. The van der Waals surface area contributed by atoms with Crippen molar-refractivity contribution in [3.8, 4) is 5.75 Å². The first kappa shape index (κ1) is 19.0. The molecular formula is C22H24N4O3. The summed E-state index contributed by atoms with van der Waals surface area (Å²) in [4.78, 5) is 19.6. The number of nitrogens with one attached hydrogen (secondary N) is 1. The molecule has 7 nitrogen and oxygen atoms in total. The minimum Gasteiger partial charge on any atom is -0.492 e. The van der Waals surface area contributed by atoms with Crippen LogP contribution in [0, 0.1) is 0 Å². The van der Waals surface area contributed by atoms with Crippen LogP contribution in [0.5, 0.6) is 5.75 Å². The zero-order valence-corrected chi connectivity index (χ0v) is 16.8. The highest BCUT2D eigenvalue weighted by molar-refractivity contribution is 6.04. The number of aromatic nitrogens is 2. The Morgan fingerprint density at radius 2 is 2.00 bits per heavy atom. The van der Waals surface area contributed by atoms with E-state index in [0.29, 0.717) is 36.2 Å². The van der Waals surface area contributed by atoms with Crippen molar-refractivity contribution in [2.75, 3.05) is 16.8 Å². The van der Waals surface area contributed by atoms with E-state index in [0.717, 1.165) is 11.3 Å². The van der Waals surface area contributed by atoms with E-state index in [1.165, 1.54) is 0 Å². The summed E-state index contributed by atoms with van der Waals surface area (Å²) in [5.41, 5.74) is 2.53. The number of amides is 2. The molecule has 1 unspecified atom stereocenters. The van der Waals surface area contributed by atoms with Crippen LogP contribution in [0.1, 0.15) is 50.0 Å². The van der Waals surface area contributed by atoms with Gasteiger partial charge in [0, 0.05) is 18.0 Å². The first-order valence-electron chi connectivity index (χ1n) is 9.82. The van der Waals surface area contributed by atoms with Crippen LogP contribution in [0.15, 0.2) is 53.1 Å². The van der Waals surface area contributed by atoms with Gasteiger partial charge in [0.25, 0.3) is 0 Å². The Labute approximate surface area is 169 Å². The van der Waals surface area contributed by atoms with E-state index in [2.05, 4.69) is 15.5 Å². The average Bonchev–Trinajstić information content (AvgIpc) is 3.34. The highest BCUT2D eigenvalue weighted by Crippen LogP contribution is 2.40. The predicted octanol–water partition coefficient (Wildman–Crippen LogP) is 4.93. The number of benzene rings is 2. The molecule has 1 aliphatic heterocycles. The van der Waals surface area contributed by atoms with Gasteiger partial charge < -0.3 is 14.6 Å². The molecule has 0 saturated carbocycles. The molecule has 2 amide bonds. The topological polar surface area (TPSA) is 80.5 Å². The molecular weight excluding hydrogens is 368 g/mol. The Morgan fingerprint density at radius 1 is 1.24 bits per heavy atom. The molecule has 29 heavy (non-hydrogen) atoms. The molecule has 2 aromatic carbocycles. The van der Waals surface area contributed by atoms with E-state index in [1.54, 1.807) is 4.90 Å². The molecule has 4 rings (SSSR count). The van der Waals surface area contributed by atoms with Gasteiger partial charge >= 0.3 is 6.03 Å². The third-order valence-corrected chi connectivity index (χ3v) is 4.88. The quantitative estimate of drug-likeness (QED) is 0.666. The lowest BCUT2D eigenvalue weighted by Gasteiger charge is -2.24. The van der Waals surface area contributed by atoms with E-state index in [-0.39, 0.29) is 18.0 Å². The highest BCUT2D eigenvalue weighted by atomic mass is 16.5. The summed E-state index contributed by atoms with van der Waals surface area (Å²) < 4.78 is 11.2. The summed E-state index contributed by atoms with van der Waals surface area (Å²) in [5.74, 6) is 1.86. The van der Waals surface area contributed by atoms with Gasteiger partial charge in [-0.3, -0.25) is 4.90 Å². The van der Waals surface area contributed by atoms with E-state index < -0.39 is 0 Å². The lowest BCUT2D eigenvalue weighted by molar-refractivity contribution is 0.252. The van der Waals surface area contributed by atoms with E-state index in [1.807, 2.05) is 69.3 Å². The molecule has 1 N–H and O–H groups in total. The number of hydrogen-bond donors (Lipinski definition) is 1. The molecule has 0 bridgehead atoms. The maximum Gasteiger partial charge on any atom is 0.327 e. The normalized spacial score (nSPS) is 15.4. The molecule has 0 spiro atoms. The van der Waals surface area contributed by atoms with Crippen LogP contribution in [0.25, 0.3) is 0 Å². The number of urea groups is 1. The van der Waals surface area contributed by atoms with Gasteiger partial charge in [-0.05, 0) is 30.7 Å². The summed E-state index contributed by atoms with van der Waals surface area (Å²) in [6.07, 6.45) is 0.621. The number of carbonyl (C=O) groups excluding carboxylic acids is 1. The standard InChI is InChI=1S/C22H24N4O3/c1-4-28-19-12-8-6-10-16(19)23-22(27)26-17-11-7-5-9-15(17)13-18(26)21-24-20(14(2)3)25-29-21/h5-12,14,18H,4,13H2,1-3H3,(H,23,27). The number of rotatable bonds is 5. The second-order valence-electron chi connectivity index (χ2n) is 7.22. The van der Waals surface area contributed by atoms with Crippen LogP contribution in [0.2, 0.25) is 0 Å². The van der Waals surface area contributed by atoms with Gasteiger partial charge in [-0.1, -0.05) is 49.3 Å². The van der Waals surface area contributed by atoms with E-state index >= 15 is 0 Å². The first-order chi connectivity index (χ1) is 14.1. The zero-order chi connectivity index (χ0) is 20.4. The van der Waals surface area contributed by atoms with E-state index in [9.17, 15) is 4.79 Å². The van der Waals surface area contributed by atoms with Crippen LogP contribution in [-0.4, -0.2) is 22.8 Å². The summed E-state index contributed by atoms with van der Waals surface area (Å²) in [6.45, 7) is 6.44. The highest BCUT2D eigenvalue weighted by Gasteiger charge is 2.38. The number of ether oxygens (including phenoxy) is 1. The van der Waals surface area contributed by atoms with Gasteiger partial charge in [-0.2, -0.15) is 4.98 Å². The zero-order valence-electron chi connectivity index (χ0n) is 16.8. The molecule has 3 aromatic rings. The third kappa shape index (κ3) is 3.68. The van der Waals surface area contributed by atoms with Crippen molar-refractivity contribution in [1.29, 1.82) is 0 Å². The second kappa shape index (κ2) is 7.95. The molecule has 150 valence electrons. The summed E-state index contributed by atoms with van der Waals surface area (Å²) in [7, 11) is 0. The first-order valence-corrected chi connectivity index (χ1v) is 9.82. The predicted molar refractivity (Wildman–Crippen MR) is 110 cm³/mol. The van der Waals surface area contributed by atoms with Crippen molar-refractivity contribution in [2.24, 2.45) is 0 Å². The Morgan fingerprint density at radius 3 is 2.76 bits per heavy atom. The van der Waals surface area contributed by atoms with Gasteiger partial charge in [0.15, 0.2) is 5.82 Å². The van der Waals surface area contributed by atoms with Crippen LogP contribution in [0.3, 0.4) is 0 Å². The van der Waals surface area contributed by atoms with Crippen molar-refractivity contribution in [3.63, 3.8) is 0 Å². The Balaban J connectivity index is 1.67. The maximum atomic E-state index is 13.3. The lowest BCUT2D eigenvalue weighted by Crippen LogP contribution is -2.36. The second-order valence-corrected chi connectivity index (χ2v) is 7.22. The van der Waals surface area contributed by atoms with Crippen molar-refractivity contribution in [3.05, 3.63) is 65.8 Å². The number of nitrogens with zero attached hydrogens (tertiary/aromatic N) is 3.